The van der Waals surface area contributed by atoms with Gasteiger partial charge in [-0.05, 0) is 54.6 Å². The predicted molar refractivity (Wildman–Crippen MR) is 114 cm³/mol. The summed E-state index contributed by atoms with van der Waals surface area (Å²) in [5.74, 6) is 0.792. The molecule has 0 bridgehead atoms. The van der Waals surface area contributed by atoms with Crippen LogP contribution in [0.4, 0.5) is 18.9 Å². The molecule has 0 radical (unpaired) electrons. The molecule has 0 saturated heterocycles. The van der Waals surface area contributed by atoms with Gasteiger partial charge in [-0.3, -0.25) is 4.79 Å². The van der Waals surface area contributed by atoms with Crippen LogP contribution >= 0.6 is 23.4 Å². The van der Waals surface area contributed by atoms with E-state index in [1.165, 1.54) is 12.1 Å². The third-order valence-corrected chi connectivity index (χ3v) is 5.33. The first-order valence-corrected chi connectivity index (χ1v) is 10.3. The number of carbonyl (C=O) groups excluding carboxylic acids is 1. The molecule has 0 aliphatic rings. The van der Waals surface area contributed by atoms with E-state index in [9.17, 15) is 18.0 Å². The lowest BCUT2D eigenvalue weighted by atomic mass is 10.1. The number of hydrogen-bond donors (Lipinski definition) is 1. The van der Waals surface area contributed by atoms with Crippen LogP contribution in [0.2, 0.25) is 5.02 Å². The fourth-order valence-electron chi connectivity index (χ4n) is 2.53. The highest BCUT2D eigenvalue weighted by atomic mass is 35.5. The third-order valence-electron chi connectivity index (χ3n) is 4.02. The number of benzene rings is 3. The third kappa shape index (κ3) is 6.18. The van der Waals surface area contributed by atoms with Gasteiger partial charge in [-0.2, -0.15) is 13.2 Å². The van der Waals surface area contributed by atoms with E-state index < -0.39 is 17.6 Å². The molecule has 0 aromatic heterocycles. The average Bonchev–Trinajstić information content (AvgIpc) is 2.73. The van der Waals surface area contributed by atoms with E-state index in [2.05, 4.69) is 5.32 Å². The van der Waals surface area contributed by atoms with Crippen molar-refractivity contribution >= 4 is 35.0 Å². The van der Waals surface area contributed by atoms with E-state index in [-0.39, 0.29) is 16.3 Å². The van der Waals surface area contributed by atoms with Gasteiger partial charge < -0.3 is 10.1 Å². The Labute approximate surface area is 181 Å². The summed E-state index contributed by atoms with van der Waals surface area (Å²) < 4.78 is 44.2. The smallest absolute Gasteiger partial charge is 0.416 e. The first-order valence-electron chi connectivity index (χ1n) is 8.92. The molecule has 0 heterocycles. The molecule has 3 nitrogen and oxygen atoms in total. The van der Waals surface area contributed by atoms with E-state index in [4.69, 9.17) is 16.3 Å². The van der Waals surface area contributed by atoms with Crippen LogP contribution in [-0.4, -0.2) is 18.3 Å². The average molecular weight is 452 g/mol. The minimum atomic E-state index is -4.53. The number of ether oxygens (including phenoxy) is 1. The minimum absolute atomic E-state index is 0.0206. The van der Waals surface area contributed by atoms with Crippen molar-refractivity contribution in [2.24, 2.45) is 0 Å². The van der Waals surface area contributed by atoms with Gasteiger partial charge in [0.05, 0.1) is 22.9 Å². The lowest BCUT2D eigenvalue weighted by Crippen LogP contribution is -2.13. The van der Waals surface area contributed by atoms with Crippen LogP contribution in [0.15, 0.2) is 77.7 Å². The summed E-state index contributed by atoms with van der Waals surface area (Å²) in [6.45, 7) is 0.491. The van der Waals surface area contributed by atoms with E-state index in [1.807, 2.05) is 30.3 Å². The van der Waals surface area contributed by atoms with E-state index in [1.54, 1.807) is 23.9 Å². The van der Waals surface area contributed by atoms with Gasteiger partial charge in [0.2, 0.25) is 0 Å². The molecule has 3 aromatic carbocycles. The van der Waals surface area contributed by atoms with Crippen molar-refractivity contribution < 1.29 is 22.7 Å². The molecule has 0 aliphatic heterocycles. The topological polar surface area (TPSA) is 38.3 Å². The number of hydrogen-bond acceptors (Lipinski definition) is 3. The minimum Gasteiger partial charge on any atom is -0.493 e. The second-order valence-corrected chi connectivity index (χ2v) is 7.76. The van der Waals surface area contributed by atoms with Gasteiger partial charge in [0.1, 0.15) is 5.75 Å². The summed E-state index contributed by atoms with van der Waals surface area (Å²) in [6.07, 6.45) is -4.53. The molecule has 3 rings (SSSR count). The van der Waals surface area contributed by atoms with E-state index in [0.29, 0.717) is 12.4 Å². The largest absolute Gasteiger partial charge is 0.493 e. The van der Waals surface area contributed by atoms with Gasteiger partial charge in [0.15, 0.2) is 0 Å². The molecule has 0 atom stereocenters. The first-order chi connectivity index (χ1) is 14.3. The highest BCUT2D eigenvalue weighted by molar-refractivity contribution is 7.99. The zero-order valence-corrected chi connectivity index (χ0v) is 17.2. The standard InChI is InChI=1S/C22H17ClF3NO2S/c23-19-11-8-16(22(24,25)26)14-20(19)27-21(28)15-6-9-17(10-7-15)29-12-13-30-18-4-2-1-3-5-18/h1-11,14H,12-13H2,(H,27,28). The molecule has 0 saturated carbocycles. The van der Waals surface area contributed by atoms with Crippen molar-refractivity contribution in [3.05, 3.63) is 88.9 Å². The summed E-state index contributed by atoms with van der Waals surface area (Å²) in [6, 6.07) is 19.1. The highest BCUT2D eigenvalue weighted by Crippen LogP contribution is 2.34. The summed E-state index contributed by atoms with van der Waals surface area (Å²) in [4.78, 5) is 13.5. The Morgan fingerprint density at radius 2 is 1.70 bits per heavy atom. The number of anilines is 1. The van der Waals surface area contributed by atoms with Gasteiger partial charge in [-0.25, -0.2) is 0 Å². The maximum atomic E-state index is 12.9. The molecule has 0 unspecified atom stereocenters. The van der Waals surface area contributed by atoms with Crippen LogP contribution in [0.3, 0.4) is 0 Å². The Balaban J connectivity index is 1.55. The van der Waals surface area contributed by atoms with Crippen LogP contribution < -0.4 is 10.1 Å². The van der Waals surface area contributed by atoms with E-state index in [0.717, 1.165) is 28.8 Å². The second-order valence-electron chi connectivity index (χ2n) is 6.18. The maximum Gasteiger partial charge on any atom is 0.416 e. The monoisotopic (exact) mass is 451 g/mol. The van der Waals surface area contributed by atoms with Crippen molar-refractivity contribution in [1.29, 1.82) is 0 Å². The Morgan fingerprint density at radius 1 is 1.00 bits per heavy atom. The lowest BCUT2D eigenvalue weighted by molar-refractivity contribution is -0.137. The summed E-state index contributed by atoms with van der Waals surface area (Å²) in [7, 11) is 0. The Bertz CT molecular complexity index is 996. The molecular weight excluding hydrogens is 435 g/mol. The van der Waals surface area contributed by atoms with Crippen molar-refractivity contribution in [2.75, 3.05) is 17.7 Å². The van der Waals surface area contributed by atoms with Gasteiger partial charge in [0.25, 0.3) is 5.91 Å². The predicted octanol–water partition coefficient (Wildman–Crippen LogP) is 6.78. The SMILES string of the molecule is O=C(Nc1cc(C(F)(F)F)ccc1Cl)c1ccc(OCCSc2ccccc2)cc1. The molecule has 8 heteroatoms. The molecule has 0 fully saturated rings. The van der Waals surface area contributed by atoms with Crippen molar-refractivity contribution in [1.82, 2.24) is 0 Å². The number of rotatable bonds is 7. The normalized spacial score (nSPS) is 11.2. The summed E-state index contributed by atoms with van der Waals surface area (Å²) in [5, 5.41) is 2.43. The summed E-state index contributed by atoms with van der Waals surface area (Å²) in [5.41, 5.74) is -0.719. The maximum absolute atomic E-state index is 12.9. The number of alkyl halides is 3. The van der Waals surface area contributed by atoms with Crippen molar-refractivity contribution in [3.8, 4) is 5.75 Å². The molecule has 1 amide bonds. The molecular formula is C22H17ClF3NO2S. The molecule has 3 aromatic rings. The van der Waals surface area contributed by atoms with Gasteiger partial charge in [-0.15, -0.1) is 11.8 Å². The molecule has 0 aliphatic carbocycles. The lowest BCUT2D eigenvalue weighted by Gasteiger charge is -2.12. The molecule has 156 valence electrons. The molecule has 0 spiro atoms. The number of halogens is 4. The van der Waals surface area contributed by atoms with Crippen LogP contribution in [-0.2, 0) is 6.18 Å². The van der Waals surface area contributed by atoms with Crippen LogP contribution in [0.1, 0.15) is 15.9 Å². The fourth-order valence-corrected chi connectivity index (χ4v) is 3.45. The summed E-state index contributed by atoms with van der Waals surface area (Å²) >= 11 is 7.59. The number of amides is 1. The van der Waals surface area contributed by atoms with Crippen LogP contribution in [0.25, 0.3) is 0 Å². The van der Waals surface area contributed by atoms with Crippen molar-refractivity contribution in [2.45, 2.75) is 11.1 Å². The molecule has 1 N–H and O–H groups in total. The van der Waals surface area contributed by atoms with Gasteiger partial charge in [0, 0.05) is 16.2 Å². The first kappa shape index (κ1) is 22.1. The van der Waals surface area contributed by atoms with Crippen LogP contribution in [0.5, 0.6) is 5.75 Å². The van der Waals surface area contributed by atoms with Crippen LogP contribution in [0, 0.1) is 0 Å². The van der Waals surface area contributed by atoms with E-state index >= 15 is 0 Å². The van der Waals surface area contributed by atoms with Gasteiger partial charge in [-0.1, -0.05) is 29.8 Å². The fraction of sp³-hybridized carbons (Fsp3) is 0.136. The zero-order valence-electron chi connectivity index (χ0n) is 15.6. The molecule has 30 heavy (non-hydrogen) atoms. The van der Waals surface area contributed by atoms with Gasteiger partial charge >= 0.3 is 6.18 Å². The number of thioether (sulfide) groups is 1. The highest BCUT2D eigenvalue weighted by Gasteiger charge is 2.31. The number of nitrogens with one attached hydrogen (secondary N) is 1. The number of carbonyl (C=O) groups is 1. The Hall–Kier alpha value is -2.64. The Morgan fingerprint density at radius 3 is 2.37 bits per heavy atom. The Kier molecular flexibility index (Phi) is 7.29. The quantitative estimate of drug-likeness (QED) is 0.318. The second kappa shape index (κ2) is 9.91. The zero-order chi connectivity index (χ0) is 21.6. The van der Waals surface area contributed by atoms with Crippen molar-refractivity contribution in [3.63, 3.8) is 0 Å².